The van der Waals surface area contributed by atoms with Crippen molar-refractivity contribution in [2.24, 2.45) is 0 Å². The summed E-state index contributed by atoms with van der Waals surface area (Å²) >= 11 is 0. The van der Waals surface area contributed by atoms with E-state index in [4.69, 9.17) is 4.74 Å². The fraction of sp³-hybridized carbons (Fsp3) is 0.222. The van der Waals surface area contributed by atoms with Gasteiger partial charge in [-0.05, 0) is 43.7 Å². The number of rotatable bonds is 8. The van der Waals surface area contributed by atoms with Crippen LogP contribution in [0.1, 0.15) is 30.1 Å². The number of hydrogen-bond donors (Lipinski definition) is 1. The van der Waals surface area contributed by atoms with E-state index in [1.807, 2.05) is 0 Å². The van der Waals surface area contributed by atoms with E-state index in [1.165, 1.54) is 6.92 Å². The Morgan fingerprint density at radius 3 is 2.50 bits per heavy atom. The normalized spacial score (nSPS) is 10.2. The van der Waals surface area contributed by atoms with Crippen LogP contribution in [0, 0.1) is 15.9 Å². The van der Waals surface area contributed by atoms with Gasteiger partial charge in [-0.15, -0.1) is 0 Å². The fourth-order valence-corrected chi connectivity index (χ4v) is 2.14. The minimum atomic E-state index is -0.745. The lowest BCUT2D eigenvalue weighted by atomic mass is 10.1. The lowest BCUT2D eigenvalue weighted by Crippen LogP contribution is -2.14. The first kappa shape index (κ1) is 19.0. The Labute approximate surface area is 148 Å². The molecule has 0 aliphatic heterocycles. The Bertz CT molecular complexity index is 821. The Hall–Kier alpha value is -3.29. The third-order valence-corrected chi connectivity index (χ3v) is 3.51. The first-order valence-corrected chi connectivity index (χ1v) is 7.84. The van der Waals surface area contributed by atoms with E-state index >= 15 is 0 Å². The third kappa shape index (κ3) is 5.37. The van der Waals surface area contributed by atoms with Crippen LogP contribution in [0.15, 0.2) is 42.5 Å². The predicted octanol–water partition coefficient (Wildman–Crippen LogP) is 3.73. The van der Waals surface area contributed by atoms with Crippen molar-refractivity contribution >= 4 is 23.1 Å². The molecule has 1 N–H and O–H groups in total. The number of amides is 1. The molecule has 0 saturated carbocycles. The van der Waals surface area contributed by atoms with Crippen LogP contribution in [-0.2, 0) is 4.79 Å². The topological polar surface area (TPSA) is 98.5 Å². The molecule has 2 aromatic carbocycles. The molecule has 26 heavy (non-hydrogen) atoms. The summed E-state index contributed by atoms with van der Waals surface area (Å²) in [5.41, 5.74) is 0.0414. The number of halogens is 1. The number of non-ortho nitro benzene ring substituents is 1. The fourth-order valence-electron chi connectivity index (χ4n) is 2.14. The van der Waals surface area contributed by atoms with Crippen LogP contribution in [0.4, 0.5) is 15.8 Å². The lowest BCUT2D eigenvalue weighted by Gasteiger charge is -2.08. The number of nitrogens with one attached hydrogen (secondary N) is 1. The molecule has 0 unspecified atom stereocenters. The van der Waals surface area contributed by atoms with Gasteiger partial charge in [0, 0.05) is 24.1 Å². The number of nitro benzene ring substituents is 1. The van der Waals surface area contributed by atoms with Gasteiger partial charge in [0.05, 0.1) is 17.2 Å². The highest BCUT2D eigenvalue weighted by molar-refractivity contribution is 5.94. The molecule has 7 nitrogen and oxygen atoms in total. The molecule has 0 heterocycles. The largest absolute Gasteiger partial charge is 0.494 e. The maximum atomic E-state index is 13.6. The van der Waals surface area contributed by atoms with E-state index in [0.717, 1.165) is 18.2 Å². The highest BCUT2D eigenvalue weighted by atomic mass is 19.1. The molecule has 1 amide bonds. The number of nitrogens with zero attached hydrogens (tertiary/aromatic N) is 1. The molecule has 0 atom stereocenters. The number of carbonyl (C=O) groups is 2. The number of ketones is 1. The minimum absolute atomic E-state index is 0.0402. The number of benzene rings is 2. The Kier molecular flexibility index (Phi) is 6.37. The van der Waals surface area contributed by atoms with E-state index < -0.39 is 16.6 Å². The van der Waals surface area contributed by atoms with Crippen LogP contribution in [0.2, 0.25) is 0 Å². The maximum Gasteiger partial charge on any atom is 0.271 e. The van der Waals surface area contributed by atoms with E-state index in [2.05, 4.69) is 5.32 Å². The monoisotopic (exact) mass is 360 g/mol. The van der Waals surface area contributed by atoms with Crippen LogP contribution in [0.25, 0.3) is 0 Å². The summed E-state index contributed by atoms with van der Waals surface area (Å²) in [6.45, 7) is 1.73. The molecule has 8 heteroatoms. The van der Waals surface area contributed by atoms with Gasteiger partial charge in [-0.3, -0.25) is 19.7 Å². The van der Waals surface area contributed by atoms with Gasteiger partial charge < -0.3 is 10.1 Å². The Balaban J connectivity index is 1.79. The molecule has 0 saturated heterocycles. The van der Waals surface area contributed by atoms with Gasteiger partial charge in [-0.25, -0.2) is 4.39 Å². The lowest BCUT2D eigenvalue weighted by molar-refractivity contribution is -0.384. The number of anilines is 1. The van der Waals surface area contributed by atoms with Crippen molar-refractivity contribution in [2.45, 2.75) is 19.8 Å². The van der Waals surface area contributed by atoms with E-state index in [0.29, 0.717) is 17.7 Å². The minimum Gasteiger partial charge on any atom is -0.494 e. The SMILES string of the molecule is CC(=O)c1ccc(OCCCC(=O)Nc2cc([N+](=O)[O-])ccc2F)cc1. The molecule has 2 rings (SSSR count). The number of carbonyl (C=O) groups excluding carboxylic acids is 2. The molecule has 0 spiro atoms. The van der Waals surface area contributed by atoms with Crippen molar-refractivity contribution in [3.8, 4) is 5.75 Å². The summed E-state index contributed by atoms with van der Waals surface area (Å²) in [6, 6.07) is 9.55. The zero-order valence-corrected chi connectivity index (χ0v) is 14.0. The zero-order chi connectivity index (χ0) is 19.1. The summed E-state index contributed by atoms with van der Waals surface area (Å²) in [7, 11) is 0. The average Bonchev–Trinajstić information content (AvgIpc) is 2.61. The summed E-state index contributed by atoms with van der Waals surface area (Å²) < 4.78 is 19.1. The van der Waals surface area contributed by atoms with Crippen LogP contribution in [-0.4, -0.2) is 23.2 Å². The zero-order valence-electron chi connectivity index (χ0n) is 14.0. The molecule has 0 aromatic heterocycles. The molecule has 2 aromatic rings. The average molecular weight is 360 g/mol. The van der Waals surface area contributed by atoms with Crippen molar-refractivity contribution in [1.29, 1.82) is 0 Å². The molecule has 0 fully saturated rings. The van der Waals surface area contributed by atoms with Crippen molar-refractivity contribution in [3.05, 3.63) is 64.0 Å². The standard InChI is InChI=1S/C18H17FN2O5/c1-12(22)13-4-7-15(8-5-13)26-10-2-3-18(23)20-17-11-14(21(24)25)6-9-16(17)19/h4-9,11H,2-3,10H2,1H3,(H,20,23). The molecule has 0 aliphatic rings. The summed E-state index contributed by atoms with van der Waals surface area (Å²) in [6.07, 6.45) is 0.435. The van der Waals surface area contributed by atoms with Gasteiger partial charge in [0.2, 0.25) is 5.91 Å². The number of hydrogen-bond acceptors (Lipinski definition) is 5. The molecule has 136 valence electrons. The van der Waals surface area contributed by atoms with Crippen molar-refractivity contribution in [3.63, 3.8) is 0 Å². The van der Waals surface area contributed by atoms with Gasteiger partial charge in [0.15, 0.2) is 5.78 Å². The molecule has 0 aliphatic carbocycles. The first-order chi connectivity index (χ1) is 12.4. The smallest absolute Gasteiger partial charge is 0.271 e. The van der Waals surface area contributed by atoms with E-state index in [-0.39, 0.29) is 30.2 Å². The van der Waals surface area contributed by atoms with Gasteiger partial charge in [-0.2, -0.15) is 0 Å². The van der Waals surface area contributed by atoms with Crippen molar-refractivity contribution in [1.82, 2.24) is 0 Å². The second kappa shape index (κ2) is 8.70. The molecule has 0 bridgehead atoms. The van der Waals surface area contributed by atoms with Gasteiger partial charge in [-0.1, -0.05) is 0 Å². The van der Waals surface area contributed by atoms with Gasteiger partial charge in [0.1, 0.15) is 11.6 Å². The highest BCUT2D eigenvalue weighted by Gasteiger charge is 2.13. The second-order valence-corrected chi connectivity index (χ2v) is 5.50. The molecular weight excluding hydrogens is 343 g/mol. The maximum absolute atomic E-state index is 13.6. The Morgan fingerprint density at radius 1 is 1.19 bits per heavy atom. The number of ether oxygens (including phenoxy) is 1. The van der Waals surface area contributed by atoms with Crippen LogP contribution in [0.5, 0.6) is 5.75 Å². The molecular formula is C18H17FN2O5. The van der Waals surface area contributed by atoms with Crippen molar-refractivity contribution < 1.29 is 23.6 Å². The highest BCUT2D eigenvalue weighted by Crippen LogP contribution is 2.21. The first-order valence-electron chi connectivity index (χ1n) is 7.84. The summed E-state index contributed by atoms with van der Waals surface area (Å²) in [4.78, 5) is 33.0. The van der Waals surface area contributed by atoms with Gasteiger partial charge in [0.25, 0.3) is 5.69 Å². The number of Topliss-reactive ketones (excluding diaryl/α,β-unsaturated/α-hetero) is 1. The van der Waals surface area contributed by atoms with E-state index in [1.54, 1.807) is 24.3 Å². The quantitative estimate of drug-likeness (QED) is 0.335. The molecule has 0 radical (unpaired) electrons. The Morgan fingerprint density at radius 2 is 1.88 bits per heavy atom. The van der Waals surface area contributed by atoms with Gasteiger partial charge >= 0.3 is 0 Å². The number of nitro groups is 1. The van der Waals surface area contributed by atoms with Crippen LogP contribution >= 0.6 is 0 Å². The third-order valence-electron chi connectivity index (χ3n) is 3.51. The van der Waals surface area contributed by atoms with E-state index in [9.17, 15) is 24.1 Å². The second-order valence-electron chi connectivity index (χ2n) is 5.50. The van der Waals surface area contributed by atoms with Crippen molar-refractivity contribution in [2.75, 3.05) is 11.9 Å². The van der Waals surface area contributed by atoms with Crippen LogP contribution < -0.4 is 10.1 Å². The van der Waals surface area contributed by atoms with Crippen LogP contribution in [0.3, 0.4) is 0 Å². The summed E-state index contributed by atoms with van der Waals surface area (Å²) in [5.74, 6) is -0.688. The predicted molar refractivity (Wildman–Crippen MR) is 92.9 cm³/mol. The summed E-state index contributed by atoms with van der Waals surface area (Å²) in [5, 5.41) is 13.0.